The minimum absolute atomic E-state index is 0.0479. The van der Waals surface area contributed by atoms with Crippen molar-refractivity contribution in [2.75, 3.05) is 26.8 Å². The Labute approximate surface area is 205 Å². The predicted octanol–water partition coefficient (Wildman–Crippen LogP) is 2.73. The van der Waals surface area contributed by atoms with E-state index in [0.29, 0.717) is 43.0 Å². The maximum absolute atomic E-state index is 13.8. The highest BCUT2D eigenvalue weighted by Gasteiger charge is 2.67. The van der Waals surface area contributed by atoms with Gasteiger partial charge in [0.25, 0.3) is 17.4 Å². The van der Waals surface area contributed by atoms with Crippen LogP contribution in [0.15, 0.2) is 23.0 Å². The summed E-state index contributed by atoms with van der Waals surface area (Å²) in [6, 6.07) is 4.22. The number of methoxy groups -OCH3 is 1. The number of carbonyl (C=O) groups excluding carboxylic acids is 2. The van der Waals surface area contributed by atoms with Gasteiger partial charge in [-0.05, 0) is 49.3 Å². The molecule has 2 aliphatic carbocycles. The highest BCUT2D eigenvalue weighted by Crippen LogP contribution is 2.64. The summed E-state index contributed by atoms with van der Waals surface area (Å²) in [7, 11) is 1.57. The van der Waals surface area contributed by atoms with Crippen molar-refractivity contribution < 1.29 is 23.8 Å². The average Bonchev–Trinajstić information content (AvgIpc) is 3.48. The molecule has 3 unspecified atom stereocenters. The molecule has 10 heteroatoms. The maximum Gasteiger partial charge on any atom is 0.296 e. The Morgan fingerprint density at radius 3 is 2.71 bits per heavy atom. The van der Waals surface area contributed by atoms with Gasteiger partial charge in [-0.25, -0.2) is 4.39 Å². The molecule has 1 spiro atoms. The first-order chi connectivity index (χ1) is 16.8. The van der Waals surface area contributed by atoms with Crippen LogP contribution < -0.4 is 5.56 Å². The largest absolute Gasteiger partial charge is 0.502 e. The lowest BCUT2D eigenvalue weighted by atomic mass is 9.95. The van der Waals surface area contributed by atoms with E-state index in [-0.39, 0.29) is 41.2 Å². The van der Waals surface area contributed by atoms with Crippen molar-refractivity contribution in [3.8, 4) is 5.75 Å². The second-order valence-corrected chi connectivity index (χ2v) is 10.3. The normalized spacial score (nSPS) is 26.4. The lowest BCUT2D eigenvalue weighted by Gasteiger charge is -2.38. The van der Waals surface area contributed by atoms with Crippen LogP contribution in [-0.4, -0.2) is 58.1 Å². The molecule has 2 aliphatic heterocycles. The Hall–Kier alpha value is -2.91. The van der Waals surface area contributed by atoms with Crippen LogP contribution in [0.2, 0.25) is 5.02 Å². The molecular weight excluding hydrogens is 477 g/mol. The summed E-state index contributed by atoms with van der Waals surface area (Å²) in [6.07, 6.45) is 2.81. The van der Waals surface area contributed by atoms with E-state index in [1.54, 1.807) is 12.0 Å². The van der Waals surface area contributed by atoms with Crippen LogP contribution >= 0.6 is 11.6 Å². The number of aromatic nitrogens is 1. The van der Waals surface area contributed by atoms with E-state index in [1.165, 1.54) is 27.7 Å². The minimum atomic E-state index is -0.801. The number of nitrogens with zero attached hydrogens (tertiary/aromatic N) is 3. The van der Waals surface area contributed by atoms with E-state index >= 15 is 0 Å². The Morgan fingerprint density at radius 2 is 2.06 bits per heavy atom. The zero-order valence-corrected chi connectivity index (χ0v) is 20.0. The smallest absolute Gasteiger partial charge is 0.296 e. The third-order valence-electron chi connectivity index (χ3n) is 8.16. The number of hydrogen-bond donors (Lipinski definition) is 1. The first-order valence-electron chi connectivity index (χ1n) is 11.8. The van der Waals surface area contributed by atoms with E-state index in [2.05, 4.69) is 0 Å². The van der Waals surface area contributed by atoms with Gasteiger partial charge in [-0.2, -0.15) is 0 Å². The summed E-state index contributed by atoms with van der Waals surface area (Å²) < 4.78 is 20.3. The molecule has 8 nitrogen and oxygen atoms in total. The van der Waals surface area contributed by atoms with Crippen LogP contribution in [0.4, 0.5) is 4.39 Å². The molecule has 2 aromatic rings. The van der Waals surface area contributed by atoms with Gasteiger partial charge in [0.15, 0.2) is 5.75 Å². The minimum Gasteiger partial charge on any atom is -0.502 e. The van der Waals surface area contributed by atoms with Crippen LogP contribution in [0.1, 0.15) is 51.2 Å². The number of halogens is 2. The van der Waals surface area contributed by atoms with Gasteiger partial charge in [-0.15, -0.1) is 0 Å². The molecule has 184 valence electrons. The zero-order valence-electron chi connectivity index (χ0n) is 19.2. The van der Waals surface area contributed by atoms with Gasteiger partial charge in [0.2, 0.25) is 0 Å². The van der Waals surface area contributed by atoms with E-state index in [9.17, 15) is 23.9 Å². The molecule has 2 fully saturated rings. The van der Waals surface area contributed by atoms with Gasteiger partial charge >= 0.3 is 0 Å². The molecule has 3 heterocycles. The molecule has 2 saturated carbocycles. The SMILES string of the molecule is COCCN1C(=O)c2c3c(c(O)c(=O)n2C12CCC1CC12)C(=O)N(Cc1ccc(F)c(Cl)c1)CC3. The number of fused-ring (bicyclic) bond motifs is 6. The molecule has 4 aliphatic rings. The molecule has 0 radical (unpaired) electrons. The molecule has 0 bridgehead atoms. The van der Waals surface area contributed by atoms with Crippen LogP contribution in [0.25, 0.3) is 0 Å². The van der Waals surface area contributed by atoms with Crippen LogP contribution in [-0.2, 0) is 23.4 Å². The van der Waals surface area contributed by atoms with Crippen molar-refractivity contribution >= 4 is 23.4 Å². The lowest BCUT2D eigenvalue weighted by molar-refractivity contribution is 0.0137. The molecule has 2 amide bonds. The van der Waals surface area contributed by atoms with Crippen molar-refractivity contribution in [1.29, 1.82) is 0 Å². The number of rotatable bonds is 5. The molecule has 1 aromatic heterocycles. The number of pyridine rings is 1. The number of ether oxygens (including phenoxy) is 1. The van der Waals surface area contributed by atoms with Crippen molar-refractivity contribution in [3.63, 3.8) is 0 Å². The lowest BCUT2D eigenvalue weighted by Crippen LogP contribution is -2.51. The fourth-order valence-electron chi connectivity index (χ4n) is 6.53. The summed E-state index contributed by atoms with van der Waals surface area (Å²) in [4.78, 5) is 44.0. The van der Waals surface area contributed by atoms with Crippen molar-refractivity contribution in [1.82, 2.24) is 14.4 Å². The highest BCUT2D eigenvalue weighted by molar-refractivity contribution is 6.30. The Morgan fingerprint density at radius 1 is 1.26 bits per heavy atom. The number of aromatic hydroxyl groups is 1. The number of benzene rings is 1. The van der Waals surface area contributed by atoms with Gasteiger partial charge in [0, 0.05) is 38.2 Å². The first-order valence-corrected chi connectivity index (χ1v) is 12.2. The van der Waals surface area contributed by atoms with Crippen molar-refractivity contribution in [3.05, 3.63) is 61.8 Å². The van der Waals surface area contributed by atoms with E-state index in [4.69, 9.17) is 16.3 Å². The van der Waals surface area contributed by atoms with E-state index < -0.39 is 28.7 Å². The summed E-state index contributed by atoms with van der Waals surface area (Å²) >= 11 is 5.89. The third kappa shape index (κ3) is 3.04. The Bertz CT molecular complexity index is 1340. The third-order valence-corrected chi connectivity index (χ3v) is 8.45. The average molecular weight is 502 g/mol. The maximum atomic E-state index is 13.8. The monoisotopic (exact) mass is 501 g/mol. The molecule has 1 aromatic carbocycles. The zero-order chi connectivity index (χ0) is 24.6. The molecular formula is C25H25ClFN3O5. The highest BCUT2D eigenvalue weighted by atomic mass is 35.5. The van der Waals surface area contributed by atoms with Crippen LogP contribution in [0.3, 0.4) is 0 Å². The molecule has 0 saturated heterocycles. The van der Waals surface area contributed by atoms with E-state index in [0.717, 1.165) is 12.8 Å². The summed E-state index contributed by atoms with van der Waals surface area (Å²) in [5, 5.41) is 11.0. The van der Waals surface area contributed by atoms with Gasteiger partial charge in [-0.1, -0.05) is 17.7 Å². The Balaban J connectivity index is 1.44. The van der Waals surface area contributed by atoms with Crippen molar-refractivity contribution in [2.24, 2.45) is 11.8 Å². The summed E-state index contributed by atoms with van der Waals surface area (Å²) in [5.74, 6) is -1.35. The first kappa shape index (κ1) is 22.5. The molecule has 1 N–H and O–H groups in total. The molecule has 6 rings (SSSR count). The fraction of sp³-hybridized carbons (Fsp3) is 0.480. The van der Waals surface area contributed by atoms with Gasteiger partial charge in [0.1, 0.15) is 17.2 Å². The summed E-state index contributed by atoms with van der Waals surface area (Å²) in [6.45, 7) is 1.09. The van der Waals surface area contributed by atoms with Gasteiger partial charge in [-0.3, -0.25) is 19.0 Å². The number of hydrogen-bond acceptors (Lipinski definition) is 5. The fourth-order valence-corrected chi connectivity index (χ4v) is 6.73. The van der Waals surface area contributed by atoms with Crippen LogP contribution in [0, 0.1) is 17.7 Å². The second kappa shape index (κ2) is 7.80. The second-order valence-electron chi connectivity index (χ2n) is 9.89. The van der Waals surface area contributed by atoms with Gasteiger partial charge in [0.05, 0.1) is 17.2 Å². The number of carbonyl (C=O) groups is 2. The Kier molecular flexibility index (Phi) is 5.02. The summed E-state index contributed by atoms with van der Waals surface area (Å²) in [5.41, 5.74) is -0.331. The van der Waals surface area contributed by atoms with E-state index in [1.807, 2.05) is 0 Å². The molecule has 35 heavy (non-hydrogen) atoms. The standard InChI is InChI=1S/C25H25ClFN3O5/c1-35-9-8-29-23(33)20-15-5-7-28(12-13-2-3-18(27)17(26)10-13)22(32)19(15)21(31)24(34)30(20)25(29)6-4-14-11-16(14)25/h2-3,10,14,16,31H,4-9,11-12H2,1H3. The quantitative estimate of drug-likeness (QED) is 0.680. The van der Waals surface area contributed by atoms with Crippen molar-refractivity contribution in [2.45, 2.75) is 37.9 Å². The predicted molar refractivity (Wildman–Crippen MR) is 124 cm³/mol. The number of amides is 2. The van der Waals surface area contributed by atoms with Gasteiger partial charge < -0.3 is 19.6 Å². The molecule has 3 atom stereocenters. The topological polar surface area (TPSA) is 92.1 Å². The van der Waals surface area contributed by atoms with Crippen LogP contribution in [0.5, 0.6) is 5.75 Å².